The predicted molar refractivity (Wildman–Crippen MR) is 82.6 cm³/mol. The van der Waals surface area contributed by atoms with Gasteiger partial charge in [0.05, 0.1) is 8.31 Å². The summed E-state index contributed by atoms with van der Waals surface area (Å²) in [5, 5.41) is 2.84. The van der Waals surface area contributed by atoms with Crippen LogP contribution in [0.3, 0.4) is 0 Å². The quantitative estimate of drug-likeness (QED) is 0.597. The first-order valence-corrected chi connectivity index (χ1v) is 13.0. The summed E-state index contributed by atoms with van der Waals surface area (Å²) in [5.41, 5.74) is 0. The van der Waals surface area contributed by atoms with Crippen LogP contribution in [0.15, 0.2) is 60.7 Å². The van der Waals surface area contributed by atoms with Gasteiger partial charge in [0.25, 0.3) is 0 Å². The van der Waals surface area contributed by atoms with Crippen molar-refractivity contribution in [3.63, 3.8) is 0 Å². The minimum Gasteiger partial charge on any atom is -0.165 e. The first-order chi connectivity index (χ1) is 8.12. The summed E-state index contributed by atoms with van der Waals surface area (Å²) in [5.74, 6) is 0. The molecule has 2 unspecified atom stereocenters. The summed E-state index contributed by atoms with van der Waals surface area (Å²) in [7, 11) is -1.09. The van der Waals surface area contributed by atoms with Crippen LogP contribution in [-0.2, 0) is 0 Å². The van der Waals surface area contributed by atoms with E-state index >= 15 is 0 Å². The lowest BCUT2D eigenvalue weighted by atomic mass is 10.4. The van der Waals surface area contributed by atoms with Gasteiger partial charge in [0.2, 0.25) is 0 Å². The van der Waals surface area contributed by atoms with Crippen LogP contribution in [-0.4, -0.2) is 15.2 Å². The molecule has 17 heavy (non-hydrogen) atoms. The molecule has 0 aliphatic carbocycles. The summed E-state index contributed by atoms with van der Waals surface area (Å²) in [6, 6.07) is 21.4. The van der Waals surface area contributed by atoms with E-state index in [9.17, 15) is 0 Å². The molecule has 0 N–H and O–H groups in total. The van der Waals surface area contributed by atoms with Crippen LogP contribution in [0.25, 0.3) is 0 Å². The molecule has 2 rings (SSSR count). The summed E-state index contributed by atoms with van der Waals surface area (Å²) in [6.07, 6.45) is 0. The van der Waals surface area contributed by atoms with Crippen LogP contribution < -0.4 is 10.4 Å². The zero-order chi connectivity index (χ0) is 12.3. The average molecular weight is 277 g/mol. The van der Waals surface area contributed by atoms with Gasteiger partial charge in [0, 0.05) is 0 Å². The molecule has 0 aliphatic rings. The molecule has 0 aliphatic heterocycles. The Morgan fingerprint density at radius 2 is 1.35 bits per heavy atom. The Morgan fingerprint density at radius 1 is 0.882 bits per heavy atom. The lowest BCUT2D eigenvalue weighted by molar-refractivity contribution is 1.74. The van der Waals surface area contributed by atoms with Crippen molar-refractivity contribution in [2.45, 2.75) is 13.1 Å². The molecule has 0 spiro atoms. The molecule has 88 valence electrons. The zero-order valence-electron chi connectivity index (χ0n) is 10.2. The summed E-state index contributed by atoms with van der Waals surface area (Å²) >= 11 is 6.95. The Bertz CT molecular complexity index is 468. The third-order valence-corrected chi connectivity index (χ3v) is 18.4. The van der Waals surface area contributed by atoms with Crippen molar-refractivity contribution in [2.24, 2.45) is 0 Å². The summed E-state index contributed by atoms with van der Waals surface area (Å²) in [4.78, 5) is 0. The van der Waals surface area contributed by atoms with Gasteiger partial charge in [-0.05, 0) is 5.19 Å². The molecular weight excluding hydrogens is 260 g/mol. The predicted octanol–water partition coefficient (Wildman–Crippen LogP) is 2.55. The van der Waals surface area contributed by atoms with E-state index < -0.39 is 15.2 Å². The van der Waals surface area contributed by atoms with E-state index in [0.29, 0.717) is 0 Å². The van der Waals surface area contributed by atoms with Crippen molar-refractivity contribution in [3.8, 4) is 0 Å². The van der Waals surface area contributed by atoms with Crippen molar-refractivity contribution in [2.75, 3.05) is 0 Å². The van der Waals surface area contributed by atoms with Crippen molar-refractivity contribution < 1.29 is 0 Å². The lowest BCUT2D eigenvalue weighted by Crippen LogP contribution is -2.58. The van der Waals surface area contributed by atoms with Crippen molar-refractivity contribution in [1.29, 1.82) is 0 Å². The zero-order valence-corrected chi connectivity index (χ0v) is 13.1. The Balaban J connectivity index is 2.33. The maximum Gasteiger partial charge on any atom is 0.174 e. The maximum absolute atomic E-state index is 6.95. The fraction of sp³-hybridized carbons (Fsp3) is 0.143. The van der Waals surface area contributed by atoms with Gasteiger partial charge in [-0.15, -0.1) is 0 Å². The molecule has 0 amide bonds. The Morgan fingerprint density at radius 3 is 1.88 bits per heavy atom. The second kappa shape index (κ2) is 5.21. The highest BCUT2D eigenvalue weighted by atomic mass is 35.6. The van der Waals surface area contributed by atoms with E-state index in [0.717, 1.165) is 0 Å². The van der Waals surface area contributed by atoms with E-state index in [1.165, 1.54) is 10.4 Å². The normalized spacial score (nSPS) is 16.2. The Kier molecular flexibility index (Phi) is 3.87. The number of halogens is 1. The molecular formula is C14H17ClSi2. The van der Waals surface area contributed by atoms with E-state index in [1.807, 2.05) is 0 Å². The summed E-state index contributed by atoms with van der Waals surface area (Å²) in [6.45, 7) is 2.85. The minimum atomic E-state index is -1.81. The molecule has 0 nitrogen and oxygen atoms in total. The highest BCUT2D eigenvalue weighted by Crippen LogP contribution is 2.13. The smallest absolute Gasteiger partial charge is 0.165 e. The molecule has 0 heterocycles. The molecule has 0 radical (unpaired) electrons. The maximum atomic E-state index is 6.95. The van der Waals surface area contributed by atoms with Crippen LogP contribution in [0, 0.1) is 0 Å². The van der Waals surface area contributed by atoms with Gasteiger partial charge in [0.1, 0.15) is 0 Å². The minimum absolute atomic E-state index is 1.09. The Labute approximate surface area is 110 Å². The molecule has 0 saturated carbocycles. The van der Waals surface area contributed by atoms with E-state index in [2.05, 4.69) is 73.8 Å². The Hall–Kier alpha value is -0.836. The largest absolute Gasteiger partial charge is 0.174 e. The second-order valence-corrected chi connectivity index (χ2v) is 18.9. The molecule has 3 heteroatoms. The van der Waals surface area contributed by atoms with Gasteiger partial charge in [-0.2, -0.15) is 11.1 Å². The van der Waals surface area contributed by atoms with Crippen LogP contribution in [0.2, 0.25) is 13.1 Å². The van der Waals surface area contributed by atoms with Crippen LogP contribution in [0.1, 0.15) is 0 Å². The highest BCUT2D eigenvalue weighted by molar-refractivity contribution is 7.60. The van der Waals surface area contributed by atoms with Crippen molar-refractivity contribution >= 4 is 36.7 Å². The number of benzene rings is 2. The van der Waals surface area contributed by atoms with Gasteiger partial charge >= 0.3 is 0 Å². The molecule has 0 bridgehead atoms. The van der Waals surface area contributed by atoms with Crippen LogP contribution in [0.5, 0.6) is 0 Å². The van der Waals surface area contributed by atoms with Crippen molar-refractivity contribution in [1.82, 2.24) is 0 Å². The fourth-order valence-electron chi connectivity index (χ4n) is 2.07. The van der Waals surface area contributed by atoms with Gasteiger partial charge in [-0.3, -0.25) is 0 Å². The van der Waals surface area contributed by atoms with Gasteiger partial charge in [0.15, 0.2) is 6.90 Å². The van der Waals surface area contributed by atoms with Gasteiger partial charge < -0.3 is 0 Å². The monoisotopic (exact) mass is 276 g/mol. The molecule has 2 atom stereocenters. The first-order valence-electron chi connectivity index (χ1n) is 5.92. The molecule has 0 saturated heterocycles. The molecule has 2 aromatic rings. The highest BCUT2D eigenvalue weighted by Gasteiger charge is 2.35. The van der Waals surface area contributed by atoms with Gasteiger partial charge in [-0.25, -0.2) is 0 Å². The van der Waals surface area contributed by atoms with E-state index in [1.54, 1.807) is 0 Å². The van der Waals surface area contributed by atoms with E-state index in [4.69, 9.17) is 11.1 Å². The van der Waals surface area contributed by atoms with Crippen LogP contribution >= 0.6 is 11.1 Å². The number of rotatable bonds is 3. The number of hydrogen-bond acceptors (Lipinski definition) is 0. The molecule has 0 aromatic heterocycles. The standard InChI is InChI=1S/C14H17ClSi2/c1-16(13-9-5-3-6-10-13)17(2,15)14-11-7-4-8-12-14/h3-12,16H,1-2H3. The van der Waals surface area contributed by atoms with Gasteiger partial charge in [-0.1, -0.05) is 78.9 Å². The fourth-order valence-corrected chi connectivity index (χ4v) is 10.9. The van der Waals surface area contributed by atoms with Crippen molar-refractivity contribution in [3.05, 3.63) is 60.7 Å². The SMILES string of the molecule is C[SiH](c1ccccc1)[Si](C)(Cl)c1ccccc1. The lowest BCUT2D eigenvalue weighted by Gasteiger charge is -2.26. The molecule has 0 fully saturated rings. The third-order valence-electron chi connectivity index (χ3n) is 3.45. The third kappa shape index (κ3) is 2.71. The number of hydrogen-bond donors (Lipinski definition) is 0. The first kappa shape index (κ1) is 12.6. The summed E-state index contributed by atoms with van der Waals surface area (Å²) < 4.78 is 0. The average Bonchev–Trinajstić information content (AvgIpc) is 2.40. The van der Waals surface area contributed by atoms with Crippen LogP contribution in [0.4, 0.5) is 0 Å². The molecule has 2 aromatic carbocycles. The van der Waals surface area contributed by atoms with E-state index in [-0.39, 0.29) is 0 Å². The second-order valence-electron chi connectivity index (χ2n) is 4.57. The topological polar surface area (TPSA) is 0 Å².